The molecule has 1 amide bonds. The molecule has 3 aromatic rings. The lowest BCUT2D eigenvalue weighted by Crippen LogP contribution is -2.36. The van der Waals surface area contributed by atoms with Crippen molar-refractivity contribution in [1.82, 2.24) is 10.2 Å². The maximum absolute atomic E-state index is 12.8. The van der Waals surface area contributed by atoms with Gasteiger partial charge in [0.05, 0.1) is 5.75 Å². The number of aromatic nitrogens is 2. The van der Waals surface area contributed by atoms with E-state index in [9.17, 15) is 4.79 Å². The van der Waals surface area contributed by atoms with Crippen molar-refractivity contribution < 1.29 is 9.21 Å². The van der Waals surface area contributed by atoms with E-state index in [1.165, 1.54) is 23.0 Å². The summed E-state index contributed by atoms with van der Waals surface area (Å²) in [5.74, 6) is 0.812. The number of benzene rings is 2. The first-order chi connectivity index (χ1) is 14.7. The van der Waals surface area contributed by atoms with Crippen LogP contribution in [0.1, 0.15) is 25.8 Å². The third-order valence-corrected chi connectivity index (χ3v) is 6.18. The summed E-state index contributed by atoms with van der Waals surface area (Å²) < 4.78 is 5.79. The Labute approximate surface area is 181 Å². The van der Waals surface area contributed by atoms with Gasteiger partial charge in [0.2, 0.25) is 11.8 Å². The zero-order chi connectivity index (χ0) is 20.9. The van der Waals surface area contributed by atoms with Crippen LogP contribution in [0.3, 0.4) is 0 Å². The van der Waals surface area contributed by atoms with Gasteiger partial charge in [-0.25, -0.2) is 0 Å². The summed E-state index contributed by atoms with van der Waals surface area (Å²) in [6.45, 7) is 6.97. The van der Waals surface area contributed by atoms with Gasteiger partial charge in [-0.15, -0.1) is 10.2 Å². The average Bonchev–Trinajstić information content (AvgIpc) is 3.27. The Bertz CT molecular complexity index is 998. The molecule has 0 spiro atoms. The third-order valence-electron chi connectivity index (χ3n) is 5.38. The number of nitrogens with zero attached hydrogens (tertiary/aromatic N) is 4. The molecule has 0 bridgehead atoms. The number of rotatable bonds is 7. The van der Waals surface area contributed by atoms with Crippen LogP contribution in [0.25, 0.3) is 11.5 Å². The van der Waals surface area contributed by atoms with E-state index in [0.29, 0.717) is 11.1 Å². The first kappa shape index (κ1) is 20.5. The summed E-state index contributed by atoms with van der Waals surface area (Å²) in [5.41, 5.74) is 4.30. The van der Waals surface area contributed by atoms with E-state index in [1.54, 1.807) is 0 Å². The lowest BCUT2D eigenvalue weighted by atomic mass is 10.0. The van der Waals surface area contributed by atoms with Crippen molar-refractivity contribution in [3.63, 3.8) is 0 Å². The van der Waals surface area contributed by atoms with Gasteiger partial charge in [-0.3, -0.25) is 4.79 Å². The van der Waals surface area contributed by atoms with Gasteiger partial charge in [0.15, 0.2) is 0 Å². The van der Waals surface area contributed by atoms with Crippen LogP contribution in [0, 0.1) is 0 Å². The normalized spacial score (nSPS) is 13.2. The second kappa shape index (κ2) is 9.34. The fourth-order valence-corrected chi connectivity index (χ4v) is 4.42. The molecule has 4 rings (SSSR count). The fraction of sp³-hybridized carbons (Fsp3) is 0.348. The highest BCUT2D eigenvalue weighted by Gasteiger charge is 2.23. The molecule has 0 unspecified atom stereocenters. The molecule has 1 aromatic heterocycles. The fourth-order valence-electron chi connectivity index (χ4n) is 3.78. The smallest absolute Gasteiger partial charge is 0.277 e. The molecule has 156 valence electrons. The Hall–Kier alpha value is -2.80. The van der Waals surface area contributed by atoms with E-state index in [4.69, 9.17) is 4.42 Å². The molecule has 0 aliphatic carbocycles. The van der Waals surface area contributed by atoms with Crippen molar-refractivity contribution in [2.75, 3.05) is 35.2 Å². The van der Waals surface area contributed by atoms with Crippen LogP contribution in [0.15, 0.2) is 58.2 Å². The van der Waals surface area contributed by atoms with Crippen molar-refractivity contribution in [3.05, 3.63) is 54.1 Å². The predicted molar refractivity (Wildman–Crippen MR) is 121 cm³/mol. The maximum Gasteiger partial charge on any atom is 0.277 e. The van der Waals surface area contributed by atoms with Crippen molar-refractivity contribution in [1.29, 1.82) is 0 Å². The van der Waals surface area contributed by atoms with Crippen molar-refractivity contribution in [2.45, 2.75) is 31.9 Å². The molecule has 7 heteroatoms. The summed E-state index contributed by atoms with van der Waals surface area (Å²) >= 11 is 1.29. The predicted octanol–water partition coefficient (Wildman–Crippen LogP) is 4.65. The summed E-state index contributed by atoms with van der Waals surface area (Å²) in [6.07, 6.45) is 2.01. The molecular weight excluding hydrogens is 396 g/mol. The molecule has 0 fully saturated rings. The third kappa shape index (κ3) is 4.36. The molecule has 30 heavy (non-hydrogen) atoms. The highest BCUT2D eigenvalue weighted by atomic mass is 32.2. The Balaban J connectivity index is 1.39. The second-order valence-corrected chi connectivity index (χ2v) is 8.09. The van der Waals surface area contributed by atoms with Crippen LogP contribution in [0.2, 0.25) is 0 Å². The molecule has 1 aliphatic heterocycles. The lowest BCUT2D eigenvalue weighted by molar-refractivity contribution is -0.116. The number of hydrogen-bond acceptors (Lipinski definition) is 6. The van der Waals surface area contributed by atoms with Crippen LogP contribution in [0.4, 0.5) is 11.4 Å². The standard InChI is InChI=1S/C23H26N4O2S/c1-3-26(4-2)19-13-11-18(12-14-19)22-24-25-23(29-22)30-16-21(28)27-15-7-9-17-8-5-6-10-20(17)27/h5-6,8,10-14H,3-4,7,9,15-16H2,1-2H3. The number of fused-ring (bicyclic) bond motifs is 1. The van der Waals surface area contributed by atoms with Crippen molar-refractivity contribution in [3.8, 4) is 11.5 Å². The van der Waals surface area contributed by atoms with Gasteiger partial charge in [-0.1, -0.05) is 30.0 Å². The summed E-state index contributed by atoms with van der Waals surface area (Å²) in [5, 5.41) is 8.67. The van der Waals surface area contributed by atoms with E-state index in [-0.39, 0.29) is 11.7 Å². The van der Waals surface area contributed by atoms with E-state index in [0.717, 1.165) is 43.7 Å². The molecule has 0 N–H and O–H groups in total. The summed E-state index contributed by atoms with van der Waals surface area (Å²) in [6, 6.07) is 16.2. The SMILES string of the molecule is CCN(CC)c1ccc(-c2nnc(SCC(=O)N3CCCc4ccccc43)o2)cc1. The van der Waals surface area contributed by atoms with Gasteiger partial charge in [0.1, 0.15) is 0 Å². The van der Waals surface area contributed by atoms with Gasteiger partial charge in [-0.05, 0) is 62.6 Å². The molecule has 0 saturated carbocycles. The van der Waals surface area contributed by atoms with Gasteiger partial charge in [0, 0.05) is 36.6 Å². The monoisotopic (exact) mass is 422 g/mol. The number of carbonyl (C=O) groups excluding carboxylic acids is 1. The number of anilines is 2. The quantitative estimate of drug-likeness (QED) is 0.516. The number of aryl methyl sites for hydroxylation is 1. The van der Waals surface area contributed by atoms with E-state index in [1.807, 2.05) is 35.2 Å². The van der Waals surface area contributed by atoms with Crippen LogP contribution in [-0.2, 0) is 11.2 Å². The topological polar surface area (TPSA) is 62.5 Å². The van der Waals surface area contributed by atoms with Crippen LogP contribution >= 0.6 is 11.8 Å². The average molecular weight is 423 g/mol. The number of hydrogen-bond donors (Lipinski definition) is 0. The van der Waals surface area contributed by atoms with Crippen molar-refractivity contribution in [2.24, 2.45) is 0 Å². The summed E-state index contributed by atoms with van der Waals surface area (Å²) in [7, 11) is 0. The van der Waals surface area contributed by atoms with Crippen LogP contribution < -0.4 is 9.80 Å². The van der Waals surface area contributed by atoms with Gasteiger partial charge in [-0.2, -0.15) is 0 Å². The zero-order valence-electron chi connectivity index (χ0n) is 17.4. The maximum atomic E-state index is 12.8. The Morgan fingerprint density at radius 2 is 1.87 bits per heavy atom. The lowest BCUT2D eigenvalue weighted by Gasteiger charge is -2.29. The molecule has 1 aliphatic rings. The number of carbonyl (C=O) groups is 1. The van der Waals surface area contributed by atoms with E-state index < -0.39 is 0 Å². The van der Waals surface area contributed by atoms with Gasteiger partial charge < -0.3 is 14.2 Å². The number of thioether (sulfide) groups is 1. The number of amides is 1. The van der Waals surface area contributed by atoms with E-state index in [2.05, 4.69) is 47.1 Å². The van der Waals surface area contributed by atoms with Crippen molar-refractivity contribution >= 4 is 29.0 Å². The van der Waals surface area contributed by atoms with Crippen LogP contribution in [-0.4, -0.2) is 41.5 Å². The Kier molecular flexibility index (Phi) is 6.38. The van der Waals surface area contributed by atoms with Gasteiger partial charge in [0.25, 0.3) is 5.22 Å². The second-order valence-electron chi connectivity index (χ2n) is 7.16. The minimum absolute atomic E-state index is 0.0653. The Morgan fingerprint density at radius 1 is 1.10 bits per heavy atom. The molecule has 6 nitrogen and oxygen atoms in total. The first-order valence-electron chi connectivity index (χ1n) is 10.4. The molecule has 0 saturated heterocycles. The zero-order valence-corrected chi connectivity index (χ0v) is 18.2. The highest BCUT2D eigenvalue weighted by Crippen LogP contribution is 2.29. The van der Waals surface area contributed by atoms with E-state index >= 15 is 0 Å². The molecule has 0 radical (unpaired) electrons. The molecular formula is C23H26N4O2S. The van der Waals surface area contributed by atoms with Gasteiger partial charge >= 0.3 is 0 Å². The number of para-hydroxylation sites is 1. The highest BCUT2D eigenvalue weighted by molar-refractivity contribution is 7.99. The summed E-state index contributed by atoms with van der Waals surface area (Å²) in [4.78, 5) is 16.9. The largest absolute Gasteiger partial charge is 0.411 e. The first-order valence-corrected chi connectivity index (χ1v) is 11.4. The minimum Gasteiger partial charge on any atom is -0.411 e. The van der Waals surface area contributed by atoms with Crippen LogP contribution in [0.5, 0.6) is 0 Å². The molecule has 2 heterocycles. The molecule has 0 atom stereocenters. The molecule has 2 aromatic carbocycles. The Morgan fingerprint density at radius 3 is 2.63 bits per heavy atom. The minimum atomic E-state index is 0.0653.